The zero-order valence-electron chi connectivity index (χ0n) is 7.25. The van der Waals surface area contributed by atoms with Gasteiger partial charge in [-0.2, -0.15) is 0 Å². The van der Waals surface area contributed by atoms with Crippen LogP contribution in [-0.2, 0) is 13.2 Å². The number of fused-ring (bicyclic) bond motifs is 1. The Hall–Kier alpha value is -1.32. The number of aliphatic hydroxyl groups excluding tert-OH is 1. The number of aromatic nitrogens is 1. The lowest BCUT2D eigenvalue weighted by molar-refractivity contribution is 0.283. The molecule has 3 heteroatoms. The van der Waals surface area contributed by atoms with Crippen LogP contribution in [0.25, 0.3) is 10.9 Å². The quantitative estimate of drug-likeness (QED) is 0.642. The maximum Gasteiger partial charge on any atom is 0.0702 e. The van der Waals surface area contributed by atoms with Crippen LogP contribution in [0.2, 0.25) is 0 Å². The van der Waals surface area contributed by atoms with Gasteiger partial charge in [0, 0.05) is 29.2 Å². The van der Waals surface area contributed by atoms with Crippen molar-refractivity contribution >= 4 is 10.9 Å². The summed E-state index contributed by atoms with van der Waals surface area (Å²) < 4.78 is 0. The van der Waals surface area contributed by atoms with Crippen molar-refractivity contribution in [1.29, 1.82) is 0 Å². The van der Waals surface area contributed by atoms with Crippen LogP contribution in [0.1, 0.15) is 11.1 Å². The van der Waals surface area contributed by atoms with Crippen molar-refractivity contribution in [3.63, 3.8) is 0 Å². The molecule has 1 heterocycles. The second kappa shape index (κ2) is 3.20. The highest BCUT2D eigenvalue weighted by Crippen LogP contribution is 2.19. The highest BCUT2D eigenvalue weighted by atomic mass is 16.3. The van der Waals surface area contributed by atoms with Crippen LogP contribution in [0.5, 0.6) is 0 Å². The van der Waals surface area contributed by atoms with Crippen LogP contribution in [0.4, 0.5) is 0 Å². The number of hydrogen-bond acceptors (Lipinski definition) is 2. The molecule has 0 saturated heterocycles. The summed E-state index contributed by atoms with van der Waals surface area (Å²) in [6, 6.07) is 5.98. The molecule has 0 aliphatic heterocycles. The van der Waals surface area contributed by atoms with Gasteiger partial charge in [-0.25, -0.2) is 0 Å². The Morgan fingerprint density at radius 1 is 1.38 bits per heavy atom. The minimum Gasteiger partial charge on any atom is -0.392 e. The lowest BCUT2D eigenvalue weighted by Crippen LogP contribution is -1.95. The van der Waals surface area contributed by atoms with Gasteiger partial charge < -0.3 is 15.8 Å². The molecule has 0 atom stereocenters. The molecule has 1 aromatic carbocycles. The van der Waals surface area contributed by atoms with Gasteiger partial charge in [0.05, 0.1) is 6.61 Å². The number of H-pyrrole nitrogens is 1. The second-order valence-corrected chi connectivity index (χ2v) is 3.06. The number of nitrogens with one attached hydrogen (secondary N) is 1. The molecule has 0 aliphatic carbocycles. The second-order valence-electron chi connectivity index (χ2n) is 3.06. The monoisotopic (exact) mass is 176 g/mol. The predicted molar refractivity (Wildman–Crippen MR) is 52.1 cm³/mol. The van der Waals surface area contributed by atoms with Crippen molar-refractivity contribution in [3.05, 3.63) is 35.5 Å². The van der Waals surface area contributed by atoms with Gasteiger partial charge in [-0.1, -0.05) is 12.1 Å². The lowest BCUT2D eigenvalue weighted by Gasteiger charge is -1.97. The van der Waals surface area contributed by atoms with Crippen molar-refractivity contribution in [2.75, 3.05) is 0 Å². The summed E-state index contributed by atoms with van der Waals surface area (Å²) in [7, 11) is 0. The average Bonchev–Trinajstić information content (AvgIpc) is 2.59. The van der Waals surface area contributed by atoms with Gasteiger partial charge >= 0.3 is 0 Å². The molecule has 0 fully saturated rings. The highest BCUT2D eigenvalue weighted by molar-refractivity contribution is 5.83. The standard InChI is InChI=1S/C10H12N2O/c11-4-7-1-2-9-8(6-13)5-12-10(9)3-7/h1-3,5,12-13H,4,6,11H2. The topological polar surface area (TPSA) is 62.0 Å². The van der Waals surface area contributed by atoms with Crippen molar-refractivity contribution in [1.82, 2.24) is 4.98 Å². The van der Waals surface area contributed by atoms with Crippen LogP contribution in [0.3, 0.4) is 0 Å². The lowest BCUT2D eigenvalue weighted by atomic mass is 10.1. The van der Waals surface area contributed by atoms with Crippen molar-refractivity contribution in [3.8, 4) is 0 Å². The fourth-order valence-corrected chi connectivity index (χ4v) is 1.49. The summed E-state index contributed by atoms with van der Waals surface area (Å²) in [6.45, 7) is 0.616. The molecule has 0 unspecified atom stereocenters. The van der Waals surface area contributed by atoms with Crippen LogP contribution < -0.4 is 5.73 Å². The van der Waals surface area contributed by atoms with E-state index in [4.69, 9.17) is 10.8 Å². The number of aliphatic hydroxyl groups is 1. The Labute approximate surface area is 76.2 Å². The van der Waals surface area contributed by atoms with Crippen molar-refractivity contribution in [2.24, 2.45) is 5.73 Å². The molecule has 0 saturated carbocycles. The zero-order valence-corrected chi connectivity index (χ0v) is 7.25. The summed E-state index contributed by atoms with van der Waals surface area (Å²) in [5.41, 5.74) is 8.58. The molecule has 2 aromatic rings. The fraction of sp³-hybridized carbons (Fsp3) is 0.200. The van der Waals surface area contributed by atoms with E-state index in [1.165, 1.54) is 0 Å². The molecule has 4 N–H and O–H groups in total. The third-order valence-corrected chi connectivity index (χ3v) is 2.24. The number of rotatable bonds is 2. The Morgan fingerprint density at radius 3 is 2.92 bits per heavy atom. The van der Waals surface area contributed by atoms with Crippen LogP contribution >= 0.6 is 0 Å². The van der Waals surface area contributed by atoms with Gasteiger partial charge in [-0.3, -0.25) is 0 Å². The Balaban J connectivity index is 2.61. The Morgan fingerprint density at radius 2 is 2.23 bits per heavy atom. The molecule has 0 radical (unpaired) electrons. The normalized spacial score (nSPS) is 10.9. The van der Waals surface area contributed by atoms with E-state index in [1.54, 1.807) is 0 Å². The van der Waals surface area contributed by atoms with Gasteiger partial charge in [-0.05, 0) is 11.6 Å². The molecule has 13 heavy (non-hydrogen) atoms. The molecule has 68 valence electrons. The van der Waals surface area contributed by atoms with E-state index in [-0.39, 0.29) is 6.61 Å². The van der Waals surface area contributed by atoms with E-state index in [9.17, 15) is 0 Å². The molecule has 0 amide bonds. The van der Waals surface area contributed by atoms with Gasteiger partial charge in [0.15, 0.2) is 0 Å². The van der Waals surface area contributed by atoms with Gasteiger partial charge in [0.2, 0.25) is 0 Å². The first-order valence-corrected chi connectivity index (χ1v) is 4.25. The predicted octanol–water partition coefficient (Wildman–Crippen LogP) is 1.12. The van der Waals surface area contributed by atoms with E-state index in [1.807, 2.05) is 24.4 Å². The summed E-state index contributed by atoms with van der Waals surface area (Å²) in [4.78, 5) is 3.10. The molecular formula is C10H12N2O. The molecule has 1 aromatic heterocycles. The molecular weight excluding hydrogens is 164 g/mol. The maximum absolute atomic E-state index is 9.01. The van der Waals surface area contributed by atoms with Gasteiger partial charge in [0.1, 0.15) is 0 Å². The van der Waals surface area contributed by atoms with E-state index < -0.39 is 0 Å². The number of nitrogens with two attached hydrogens (primary N) is 1. The Bertz CT molecular complexity index is 420. The summed E-state index contributed by atoms with van der Waals surface area (Å²) in [5.74, 6) is 0. The van der Waals surface area contributed by atoms with Crippen LogP contribution in [-0.4, -0.2) is 10.1 Å². The SMILES string of the molecule is NCc1ccc2c(CO)c[nH]c2c1. The minimum atomic E-state index is 0.0714. The molecule has 0 aliphatic rings. The van der Waals surface area contributed by atoms with Gasteiger partial charge in [0.25, 0.3) is 0 Å². The minimum absolute atomic E-state index is 0.0714. The summed E-state index contributed by atoms with van der Waals surface area (Å²) >= 11 is 0. The smallest absolute Gasteiger partial charge is 0.0702 e. The first-order chi connectivity index (χ1) is 6.35. The van der Waals surface area contributed by atoms with E-state index in [0.717, 1.165) is 22.0 Å². The third-order valence-electron chi connectivity index (χ3n) is 2.24. The zero-order chi connectivity index (χ0) is 9.26. The van der Waals surface area contributed by atoms with Gasteiger partial charge in [-0.15, -0.1) is 0 Å². The molecule has 2 rings (SSSR count). The van der Waals surface area contributed by atoms with Crippen LogP contribution in [0, 0.1) is 0 Å². The average molecular weight is 176 g/mol. The van der Waals surface area contributed by atoms with E-state index in [0.29, 0.717) is 6.54 Å². The number of aromatic amines is 1. The number of benzene rings is 1. The van der Waals surface area contributed by atoms with Crippen LogP contribution in [0.15, 0.2) is 24.4 Å². The fourth-order valence-electron chi connectivity index (χ4n) is 1.49. The third kappa shape index (κ3) is 1.32. The summed E-state index contributed by atoms with van der Waals surface area (Å²) in [5, 5.41) is 10.1. The molecule has 3 nitrogen and oxygen atoms in total. The largest absolute Gasteiger partial charge is 0.392 e. The molecule has 0 bridgehead atoms. The first kappa shape index (κ1) is 8.29. The van der Waals surface area contributed by atoms with E-state index >= 15 is 0 Å². The number of hydrogen-bond donors (Lipinski definition) is 3. The first-order valence-electron chi connectivity index (χ1n) is 4.25. The maximum atomic E-state index is 9.01. The van der Waals surface area contributed by atoms with Crippen molar-refractivity contribution in [2.45, 2.75) is 13.2 Å². The highest BCUT2D eigenvalue weighted by Gasteiger charge is 2.01. The summed E-state index contributed by atoms with van der Waals surface area (Å²) in [6.07, 6.45) is 1.82. The molecule has 0 spiro atoms. The van der Waals surface area contributed by atoms with E-state index in [2.05, 4.69) is 4.98 Å². The van der Waals surface area contributed by atoms with Crippen molar-refractivity contribution < 1.29 is 5.11 Å². The Kier molecular flexibility index (Phi) is 2.04.